The number of para-hydroxylation sites is 1. The van der Waals surface area contributed by atoms with Gasteiger partial charge < -0.3 is 14.8 Å². The fourth-order valence-corrected chi connectivity index (χ4v) is 1.77. The summed E-state index contributed by atoms with van der Waals surface area (Å²) in [5, 5.41) is 3.40. The lowest BCUT2D eigenvalue weighted by atomic mass is 10.2. The van der Waals surface area contributed by atoms with Crippen LogP contribution < -0.4 is 10.1 Å². The molecule has 0 aliphatic heterocycles. The van der Waals surface area contributed by atoms with Crippen molar-refractivity contribution in [2.45, 2.75) is 25.8 Å². The zero-order chi connectivity index (χ0) is 12.3. The Morgan fingerprint density at radius 2 is 2.00 bits per heavy atom. The van der Waals surface area contributed by atoms with Crippen LogP contribution in [0.5, 0.6) is 5.75 Å². The lowest BCUT2D eigenvalue weighted by Crippen LogP contribution is -2.33. The van der Waals surface area contributed by atoms with E-state index in [-0.39, 0.29) is 0 Å². The monoisotopic (exact) mass is 237 g/mol. The third-order valence-electron chi connectivity index (χ3n) is 2.57. The maximum absolute atomic E-state index is 5.64. The Labute approximate surface area is 104 Å². The molecular weight excluding hydrogens is 214 g/mol. The van der Waals surface area contributed by atoms with Crippen LogP contribution in [-0.2, 0) is 4.74 Å². The van der Waals surface area contributed by atoms with Gasteiger partial charge in [-0.3, -0.25) is 0 Å². The molecule has 1 rings (SSSR count). The fraction of sp³-hybridized carbons (Fsp3) is 0.571. The average Bonchev–Trinajstić information content (AvgIpc) is 2.36. The predicted octanol–water partition coefficient (Wildman–Crippen LogP) is 2.47. The maximum Gasteiger partial charge on any atom is 0.119 e. The molecule has 0 saturated heterocycles. The van der Waals surface area contributed by atoms with Gasteiger partial charge in [0.25, 0.3) is 0 Å². The second kappa shape index (κ2) is 9.02. The Morgan fingerprint density at radius 3 is 2.65 bits per heavy atom. The zero-order valence-corrected chi connectivity index (χ0v) is 10.8. The fourth-order valence-electron chi connectivity index (χ4n) is 1.77. The Hall–Kier alpha value is -1.06. The molecule has 1 atom stereocenters. The van der Waals surface area contributed by atoms with Crippen molar-refractivity contribution in [1.29, 1.82) is 0 Å². The van der Waals surface area contributed by atoms with Gasteiger partial charge >= 0.3 is 0 Å². The summed E-state index contributed by atoms with van der Waals surface area (Å²) < 4.78 is 10.8. The summed E-state index contributed by atoms with van der Waals surface area (Å²) in [6.45, 7) is 4.62. The first-order valence-electron chi connectivity index (χ1n) is 6.27. The first kappa shape index (κ1) is 14.0. The molecule has 0 spiro atoms. The van der Waals surface area contributed by atoms with Crippen LogP contribution >= 0.6 is 0 Å². The van der Waals surface area contributed by atoms with E-state index in [0.29, 0.717) is 6.04 Å². The molecule has 1 aromatic rings. The number of hydrogen-bond donors (Lipinski definition) is 1. The highest BCUT2D eigenvalue weighted by atomic mass is 16.5. The molecule has 0 amide bonds. The smallest absolute Gasteiger partial charge is 0.119 e. The molecule has 1 N–H and O–H groups in total. The van der Waals surface area contributed by atoms with Crippen LogP contribution in [-0.4, -0.2) is 32.9 Å². The second-order valence-corrected chi connectivity index (χ2v) is 4.01. The van der Waals surface area contributed by atoms with Gasteiger partial charge in [-0.15, -0.1) is 0 Å². The standard InChI is InChI=1S/C14H23NO2/c1-3-15-13(12-16-2)8-7-11-17-14-9-5-4-6-10-14/h4-6,9-10,13,15H,3,7-8,11-12H2,1-2H3. The van der Waals surface area contributed by atoms with Crippen molar-refractivity contribution in [3.8, 4) is 5.75 Å². The molecule has 0 aliphatic rings. The van der Waals surface area contributed by atoms with Crippen LogP contribution in [0.1, 0.15) is 19.8 Å². The number of benzene rings is 1. The molecular formula is C14H23NO2. The van der Waals surface area contributed by atoms with Gasteiger partial charge in [0.05, 0.1) is 13.2 Å². The lowest BCUT2D eigenvalue weighted by Gasteiger charge is -2.16. The number of likely N-dealkylation sites (N-methyl/N-ethyl adjacent to an activating group) is 1. The Bertz CT molecular complexity index is 271. The van der Waals surface area contributed by atoms with E-state index in [9.17, 15) is 0 Å². The minimum absolute atomic E-state index is 0.435. The third kappa shape index (κ3) is 6.29. The molecule has 0 bridgehead atoms. The molecule has 96 valence electrons. The predicted molar refractivity (Wildman–Crippen MR) is 70.5 cm³/mol. The van der Waals surface area contributed by atoms with Gasteiger partial charge in [0.1, 0.15) is 5.75 Å². The topological polar surface area (TPSA) is 30.5 Å². The van der Waals surface area contributed by atoms with Crippen molar-refractivity contribution in [1.82, 2.24) is 5.32 Å². The molecule has 0 aliphatic carbocycles. The van der Waals surface area contributed by atoms with Gasteiger partial charge in [0.2, 0.25) is 0 Å². The van der Waals surface area contributed by atoms with Crippen molar-refractivity contribution in [3.63, 3.8) is 0 Å². The number of ether oxygens (including phenoxy) is 2. The van der Waals surface area contributed by atoms with Gasteiger partial charge in [0, 0.05) is 13.2 Å². The van der Waals surface area contributed by atoms with Crippen molar-refractivity contribution < 1.29 is 9.47 Å². The molecule has 0 radical (unpaired) electrons. The highest BCUT2D eigenvalue weighted by Gasteiger charge is 2.05. The first-order chi connectivity index (χ1) is 8.36. The normalized spacial score (nSPS) is 12.4. The Balaban J connectivity index is 2.13. The Kier molecular flexibility index (Phi) is 7.43. The van der Waals surface area contributed by atoms with Gasteiger partial charge in [-0.1, -0.05) is 25.1 Å². The van der Waals surface area contributed by atoms with Crippen LogP contribution in [0.2, 0.25) is 0 Å². The highest BCUT2D eigenvalue weighted by Crippen LogP contribution is 2.09. The van der Waals surface area contributed by atoms with E-state index in [1.54, 1.807) is 7.11 Å². The molecule has 0 aromatic heterocycles. The summed E-state index contributed by atoms with van der Waals surface area (Å²) in [7, 11) is 1.74. The Morgan fingerprint density at radius 1 is 1.24 bits per heavy atom. The summed E-state index contributed by atoms with van der Waals surface area (Å²) in [4.78, 5) is 0. The van der Waals surface area contributed by atoms with Crippen LogP contribution in [0.4, 0.5) is 0 Å². The first-order valence-corrected chi connectivity index (χ1v) is 6.27. The van der Waals surface area contributed by atoms with Gasteiger partial charge in [-0.2, -0.15) is 0 Å². The summed E-state index contributed by atoms with van der Waals surface area (Å²) in [6, 6.07) is 10.4. The van der Waals surface area contributed by atoms with Crippen LogP contribution in [0.15, 0.2) is 30.3 Å². The van der Waals surface area contributed by atoms with E-state index in [4.69, 9.17) is 9.47 Å². The number of methoxy groups -OCH3 is 1. The minimum Gasteiger partial charge on any atom is -0.494 e. The van der Waals surface area contributed by atoms with Crippen molar-refractivity contribution in [3.05, 3.63) is 30.3 Å². The maximum atomic E-state index is 5.64. The SMILES string of the molecule is CCNC(CCCOc1ccccc1)COC. The average molecular weight is 237 g/mol. The molecule has 1 aromatic carbocycles. The largest absolute Gasteiger partial charge is 0.494 e. The molecule has 3 heteroatoms. The van der Waals surface area contributed by atoms with Crippen LogP contribution in [0.3, 0.4) is 0 Å². The van der Waals surface area contributed by atoms with Crippen molar-refractivity contribution in [2.75, 3.05) is 26.9 Å². The zero-order valence-electron chi connectivity index (χ0n) is 10.8. The third-order valence-corrected chi connectivity index (χ3v) is 2.57. The number of hydrogen-bond acceptors (Lipinski definition) is 3. The number of rotatable bonds is 9. The second-order valence-electron chi connectivity index (χ2n) is 4.01. The van der Waals surface area contributed by atoms with E-state index in [2.05, 4.69) is 12.2 Å². The van der Waals surface area contributed by atoms with E-state index in [1.165, 1.54) is 0 Å². The van der Waals surface area contributed by atoms with Crippen LogP contribution in [0.25, 0.3) is 0 Å². The number of nitrogens with one attached hydrogen (secondary N) is 1. The van der Waals surface area contributed by atoms with E-state index in [1.807, 2.05) is 30.3 Å². The van der Waals surface area contributed by atoms with Gasteiger partial charge in [0.15, 0.2) is 0 Å². The van der Waals surface area contributed by atoms with Crippen molar-refractivity contribution >= 4 is 0 Å². The molecule has 3 nitrogen and oxygen atoms in total. The summed E-state index contributed by atoms with van der Waals surface area (Å²) in [6.07, 6.45) is 2.12. The van der Waals surface area contributed by atoms with E-state index < -0.39 is 0 Å². The molecule has 0 fully saturated rings. The quantitative estimate of drug-likeness (QED) is 0.669. The van der Waals surface area contributed by atoms with E-state index in [0.717, 1.165) is 38.3 Å². The molecule has 0 saturated carbocycles. The summed E-state index contributed by atoms with van der Waals surface area (Å²) >= 11 is 0. The lowest BCUT2D eigenvalue weighted by molar-refractivity contribution is 0.159. The minimum atomic E-state index is 0.435. The summed E-state index contributed by atoms with van der Waals surface area (Å²) in [5.74, 6) is 0.944. The van der Waals surface area contributed by atoms with Crippen molar-refractivity contribution in [2.24, 2.45) is 0 Å². The molecule has 1 unspecified atom stereocenters. The van der Waals surface area contributed by atoms with Gasteiger partial charge in [-0.25, -0.2) is 0 Å². The van der Waals surface area contributed by atoms with Gasteiger partial charge in [-0.05, 0) is 31.5 Å². The summed E-state index contributed by atoms with van der Waals surface area (Å²) in [5.41, 5.74) is 0. The highest BCUT2D eigenvalue weighted by molar-refractivity contribution is 5.20. The van der Waals surface area contributed by atoms with E-state index >= 15 is 0 Å². The van der Waals surface area contributed by atoms with Crippen LogP contribution in [0, 0.1) is 0 Å². The molecule has 0 heterocycles. The molecule has 17 heavy (non-hydrogen) atoms.